The van der Waals surface area contributed by atoms with E-state index in [1.54, 1.807) is 13.2 Å². The zero-order chi connectivity index (χ0) is 20.1. The van der Waals surface area contributed by atoms with Crippen LogP contribution in [0.4, 0.5) is 0 Å². The Kier molecular flexibility index (Phi) is 11.4. The molecule has 0 bridgehead atoms. The maximum Gasteiger partial charge on any atom is 0.292 e. The summed E-state index contributed by atoms with van der Waals surface area (Å²) >= 11 is 0. The van der Waals surface area contributed by atoms with Gasteiger partial charge in [0.1, 0.15) is 6.61 Å². The monoisotopic (exact) mass is 377 g/mol. The van der Waals surface area contributed by atoms with Crippen LogP contribution >= 0.6 is 0 Å². The molecule has 1 aromatic rings. The van der Waals surface area contributed by atoms with Gasteiger partial charge >= 0.3 is 0 Å². The molecule has 1 aromatic carbocycles. The molecule has 0 saturated carbocycles. The van der Waals surface area contributed by atoms with Crippen LogP contribution in [0.15, 0.2) is 29.3 Å². The number of aryl methyl sites for hydroxylation is 1. The van der Waals surface area contributed by atoms with Crippen molar-refractivity contribution in [2.75, 3.05) is 40.0 Å². The molecule has 0 aliphatic carbocycles. The fourth-order valence-electron chi connectivity index (χ4n) is 2.70. The zero-order valence-electron chi connectivity index (χ0n) is 17.5. The first kappa shape index (κ1) is 23.1. The Morgan fingerprint density at radius 2 is 2.00 bits per heavy atom. The Morgan fingerprint density at radius 3 is 2.63 bits per heavy atom. The lowest BCUT2D eigenvalue weighted by Crippen LogP contribution is -2.34. The van der Waals surface area contributed by atoms with E-state index >= 15 is 0 Å². The van der Waals surface area contributed by atoms with E-state index in [0.29, 0.717) is 18.8 Å². The van der Waals surface area contributed by atoms with E-state index in [9.17, 15) is 4.79 Å². The highest BCUT2D eigenvalue weighted by Crippen LogP contribution is 2.06. The van der Waals surface area contributed by atoms with Crippen molar-refractivity contribution in [3.05, 3.63) is 35.4 Å². The number of amidine groups is 1. The van der Waals surface area contributed by atoms with Crippen molar-refractivity contribution < 1.29 is 14.3 Å². The van der Waals surface area contributed by atoms with Gasteiger partial charge in [0, 0.05) is 12.7 Å². The van der Waals surface area contributed by atoms with Crippen molar-refractivity contribution in [1.82, 2.24) is 10.2 Å². The molecular formula is C21H35N3O3. The number of rotatable bonds is 11. The van der Waals surface area contributed by atoms with Crippen molar-refractivity contribution in [3.63, 3.8) is 0 Å². The highest BCUT2D eigenvalue weighted by atomic mass is 16.5. The normalized spacial score (nSPS) is 12.9. The molecule has 0 unspecified atom stereocenters. The molecule has 6 nitrogen and oxygen atoms in total. The minimum Gasteiger partial charge on any atom is -0.463 e. The Hall–Kier alpha value is -1.92. The van der Waals surface area contributed by atoms with Gasteiger partial charge in [-0.25, -0.2) is 4.99 Å². The molecule has 0 aromatic heterocycles. The smallest absolute Gasteiger partial charge is 0.292 e. The van der Waals surface area contributed by atoms with Crippen LogP contribution in [0.5, 0.6) is 0 Å². The summed E-state index contributed by atoms with van der Waals surface area (Å²) in [5.74, 6) is -0.217. The van der Waals surface area contributed by atoms with E-state index in [1.165, 1.54) is 0 Å². The standard InChI is InChI=1S/C21H35N3O3/c1-6-24(7-2)13-9-11-18(4)22-21(27-15-14-26-5)23-20(25)19-12-8-10-17(3)16-19/h8,10,12,16,18H,6-7,9,11,13-15H2,1-5H3,(H,22,23,25)/t18-/m0/s1. The highest BCUT2D eigenvalue weighted by Gasteiger charge is 2.12. The molecule has 0 saturated heterocycles. The van der Waals surface area contributed by atoms with Gasteiger partial charge in [-0.15, -0.1) is 0 Å². The molecule has 1 atom stereocenters. The van der Waals surface area contributed by atoms with E-state index in [-0.39, 0.29) is 18.0 Å². The maximum atomic E-state index is 12.5. The molecule has 6 heteroatoms. The number of amides is 1. The first-order valence-electron chi connectivity index (χ1n) is 9.80. The second-order valence-corrected chi connectivity index (χ2v) is 6.62. The van der Waals surface area contributed by atoms with Gasteiger partial charge in [0.15, 0.2) is 0 Å². The van der Waals surface area contributed by atoms with E-state index < -0.39 is 0 Å². The second-order valence-electron chi connectivity index (χ2n) is 6.62. The molecule has 0 heterocycles. The van der Waals surface area contributed by atoms with Gasteiger partial charge in [0.05, 0.1) is 12.6 Å². The molecule has 1 amide bonds. The number of nitrogens with zero attached hydrogens (tertiary/aromatic N) is 2. The summed E-state index contributed by atoms with van der Waals surface area (Å²) in [5.41, 5.74) is 1.62. The van der Waals surface area contributed by atoms with Crippen LogP contribution in [0, 0.1) is 6.92 Å². The molecule has 0 radical (unpaired) electrons. The zero-order valence-corrected chi connectivity index (χ0v) is 17.5. The molecule has 152 valence electrons. The lowest BCUT2D eigenvalue weighted by molar-refractivity contribution is 0.0953. The first-order chi connectivity index (χ1) is 13.0. The topological polar surface area (TPSA) is 63.2 Å². The lowest BCUT2D eigenvalue weighted by atomic mass is 10.1. The van der Waals surface area contributed by atoms with Crippen LogP contribution in [0.3, 0.4) is 0 Å². The summed E-state index contributed by atoms with van der Waals surface area (Å²) in [7, 11) is 1.61. The number of carbonyl (C=O) groups is 1. The molecule has 1 N–H and O–H groups in total. The minimum atomic E-state index is -0.217. The number of hydrogen-bond donors (Lipinski definition) is 1. The molecule has 0 spiro atoms. The Morgan fingerprint density at radius 1 is 1.26 bits per heavy atom. The van der Waals surface area contributed by atoms with E-state index in [1.807, 2.05) is 32.0 Å². The third-order valence-corrected chi connectivity index (χ3v) is 4.36. The largest absolute Gasteiger partial charge is 0.463 e. The average molecular weight is 378 g/mol. The number of aliphatic imine (C=N–C) groups is 1. The van der Waals surface area contributed by atoms with E-state index in [2.05, 4.69) is 29.1 Å². The number of methoxy groups -OCH3 is 1. The van der Waals surface area contributed by atoms with Gasteiger partial charge in [-0.1, -0.05) is 31.5 Å². The van der Waals surface area contributed by atoms with E-state index in [0.717, 1.165) is 38.0 Å². The maximum absolute atomic E-state index is 12.5. The van der Waals surface area contributed by atoms with Crippen molar-refractivity contribution >= 4 is 11.9 Å². The number of nitrogens with one attached hydrogen (secondary N) is 1. The summed E-state index contributed by atoms with van der Waals surface area (Å²) < 4.78 is 10.6. The van der Waals surface area contributed by atoms with Gasteiger partial charge in [0.2, 0.25) is 0 Å². The summed E-state index contributed by atoms with van der Waals surface area (Å²) in [6.45, 7) is 12.3. The predicted octanol–water partition coefficient (Wildman–Crippen LogP) is 3.25. The number of ether oxygens (including phenoxy) is 2. The van der Waals surface area contributed by atoms with Gasteiger partial charge in [0.25, 0.3) is 11.9 Å². The Balaban J connectivity index is 2.68. The van der Waals surface area contributed by atoms with Gasteiger partial charge < -0.3 is 14.4 Å². The van der Waals surface area contributed by atoms with Crippen LogP contribution in [0.1, 0.15) is 49.5 Å². The minimum absolute atomic E-state index is 0.0657. The lowest BCUT2D eigenvalue weighted by Gasteiger charge is -2.18. The number of hydrogen-bond acceptors (Lipinski definition) is 5. The van der Waals surface area contributed by atoms with Crippen LogP contribution in [0.25, 0.3) is 0 Å². The SMILES string of the molecule is CCN(CC)CCC[C@H](C)N=C(NC(=O)c1cccc(C)c1)OCCOC. The molecule has 27 heavy (non-hydrogen) atoms. The van der Waals surface area contributed by atoms with Crippen molar-refractivity contribution in [1.29, 1.82) is 0 Å². The first-order valence-corrected chi connectivity index (χ1v) is 9.80. The summed E-state index contributed by atoms with van der Waals surface area (Å²) in [5, 5.41) is 2.79. The number of carbonyl (C=O) groups excluding carboxylic acids is 1. The summed E-state index contributed by atoms with van der Waals surface area (Å²) in [4.78, 5) is 19.5. The van der Waals surface area contributed by atoms with Crippen molar-refractivity contribution in [2.45, 2.75) is 46.6 Å². The van der Waals surface area contributed by atoms with Crippen LogP contribution in [-0.4, -0.2) is 62.8 Å². The third kappa shape index (κ3) is 9.54. The Bertz CT molecular complexity index is 586. The fourth-order valence-corrected chi connectivity index (χ4v) is 2.70. The van der Waals surface area contributed by atoms with Crippen LogP contribution in [-0.2, 0) is 9.47 Å². The Labute approximate surface area is 163 Å². The quantitative estimate of drug-likeness (QED) is 0.365. The average Bonchev–Trinajstić information content (AvgIpc) is 2.65. The second kappa shape index (κ2) is 13.3. The summed E-state index contributed by atoms with van der Waals surface area (Å²) in [6.07, 6.45) is 2.00. The van der Waals surface area contributed by atoms with Crippen LogP contribution < -0.4 is 5.32 Å². The predicted molar refractivity (Wildman–Crippen MR) is 110 cm³/mol. The summed E-state index contributed by atoms with van der Waals surface area (Å²) in [6, 6.07) is 7.77. The number of benzene rings is 1. The highest BCUT2D eigenvalue weighted by molar-refractivity contribution is 6.04. The molecule has 0 fully saturated rings. The van der Waals surface area contributed by atoms with Crippen molar-refractivity contribution in [2.24, 2.45) is 4.99 Å². The van der Waals surface area contributed by atoms with Gasteiger partial charge in [-0.3, -0.25) is 10.1 Å². The van der Waals surface area contributed by atoms with Gasteiger partial charge in [-0.2, -0.15) is 0 Å². The third-order valence-electron chi connectivity index (χ3n) is 4.36. The fraction of sp³-hybridized carbons (Fsp3) is 0.619. The molecule has 1 rings (SSSR count). The molecule has 0 aliphatic heterocycles. The molecule has 0 aliphatic rings. The molecular weight excluding hydrogens is 342 g/mol. The van der Waals surface area contributed by atoms with E-state index in [4.69, 9.17) is 9.47 Å². The van der Waals surface area contributed by atoms with Gasteiger partial charge in [-0.05, 0) is 58.5 Å². The van der Waals surface area contributed by atoms with Crippen molar-refractivity contribution in [3.8, 4) is 0 Å². The van der Waals surface area contributed by atoms with Crippen LogP contribution in [0.2, 0.25) is 0 Å².